The lowest BCUT2D eigenvalue weighted by Gasteiger charge is -2.26. The minimum absolute atomic E-state index is 0.287. The van der Waals surface area contributed by atoms with Gasteiger partial charge >= 0.3 is 0 Å². The van der Waals surface area contributed by atoms with Crippen LogP contribution in [0.2, 0.25) is 0 Å². The lowest BCUT2D eigenvalue weighted by molar-refractivity contribution is -0.121. The Labute approximate surface area is 149 Å². The Kier molecular flexibility index (Phi) is 3.93. The third-order valence-corrected chi connectivity index (χ3v) is 4.37. The molecule has 3 aromatic rings. The van der Waals surface area contributed by atoms with Gasteiger partial charge in [-0.15, -0.1) is 0 Å². The summed E-state index contributed by atoms with van der Waals surface area (Å²) in [6, 6.07) is 14.2. The first-order valence-corrected chi connectivity index (χ1v) is 8.18. The number of carbonyl (C=O) groups excluding carboxylic acids is 3. The monoisotopic (exact) mass is 345 g/mol. The van der Waals surface area contributed by atoms with E-state index in [2.05, 4.69) is 10.3 Å². The molecular formula is C20H15N3O3. The van der Waals surface area contributed by atoms with E-state index < -0.39 is 17.7 Å². The number of nitrogens with one attached hydrogen (secondary N) is 1. The van der Waals surface area contributed by atoms with Crippen molar-refractivity contribution in [3.63, 3.8) is 0 Å². The van der Waals surface area contributed by atoms with Crippen molar-refractivity contribution in [1.82, 2.24) is 15.2 Å². The Balaban J connectivity index is 1.56. The Morgan fingerprint density at radius 1 is 0.962 bits per heavy atom. The molecule has 26 heavy (non-hydrogen) atoms. The summed E-state index contributed by atoms with van der Waals surface area (Å²) in [5, 5.41) is 4.20. The molecule has 4 rings (SSSR count). The van der Waals surface area contributed by atoms with Crippen molar-refractivity contribution < 1.29 is 14.4 Å². The zero-order valence-electron chi connectivity index (χ0n) is 13.8. The van der Waals surface area contributed by atoms with E-state index in [1.165, 1.54) is 0 Å². The van der Waals surface area contributed by atoms with Gasteiger partial charge in [0, 0.05) is 35.5 Å². The van der Waals surface area contributed by atoms with Gasteiger partial charge in [0.05, 0.1) is 0 Å². The van der Waals surface area contributed by atoms with Crippen LogP contribution >= 0.6 is 0 Å². The largest absolute Gasteiger partial charge is 0.350 e. The average molecular weight is 345 g/mol. The summed E-state index contributed by atoms with van der Waals surface area (Å²) in [5.41, 5.74) is 1.72. The average Bonchev–Trinajstić information content (AvgIpc) is 2.68. The van der Waals surface area contributed by atoms with Crippen molar-refractivity contribution in [3.8, 4) is 0 Å². The summed E-state index contributed by atoms with van der Waals surface area (Å²) in [7, 11) is 0. The van der Waals surface area contributed by atoms with E-state index in [-0.39, 0.29) is 13.1 Å². The molecule has 6 nitrogen and oxygen atoms in total. The number of amides is 3. The van der Waals surface area contributed by atoms with Crippen LogP contribution in [0.4, 0.5) is 0 Å². The fraction of sp³-hybridized carbons (Fsp3) is 0.100. The molecule has 3 amide bonds. The van der Waals surface area contributed by atoms with Crippen molar-refractivity contribution >= 4 is 28.5 Å². The molecule has 2 heterocycles. The molecular weight excluding hydrogens is 330 g/mol. The number of hydrogen-bond acceptors (Lipinski definition) is 4. The van der Waals surface area contributed by atoms with Gasteiger partial charge in [-0.1, -0.05) is 30.3 Å². The number of nitrogens with zero attached hydrogens (tertiary/aromatic N) is 2. The predicted octanol–water partition coefficient (Wildman–Crippen LogP) is 2.15. The van der Waals surface area contributed by atoms with Crippen LogP contribution in [0.3, 0.4) is 0 Å². The number of pyridine rings is 1. The second-order valence-electron chi connectivity index (χ2n) is 6.04. The van der Waals surface area contributed by atoms with Gasteiger partial charge in [-0.2, -0.15) is 0 Å². The lowest BCUT2D eigenvalue weighted by atomic mass is 9.94. The SMILES string of the molecule is O=C(CN1C(=O)c2cccc3cccc(c23)C1=O)NCc1cccnc1. The van der Waals surface area contributed by atoms with Gasteiger partial charge in [-0.05, 0) is 29.1 Å². The van der Waals surface area contributed by atoms with E-state index in [9.17, 15) is 14.4 Å². The highest BCUT2D eigenvalue weighted by atomic mass is 16.2. The third kappa shape index (κ3) is 2.71. The van der Waals surface area contributed by atoms with Crippen molar-refractivity contribution in [1.29, 1.82) is 0 Å². The molecule has 6 heteroatoms. The van der Waals surface area contributed by atoms with Gasteiger partial charge in [0.2, 0.25) is 5.91 Å². The first kappa shape index (κ1) is 16.0. The Bertz CT molecular complexity index is 980. The molecule has 128 valence electrons. The molecule has 0 saturated heterocycles. The van der Waals surface area contributed by atoms with Crippen molar-refractivity contribution in [3.05, 3.63) is 77.6 Å². The molecule has 1 aliphatic rings. The van der Waals surface area contributed by atoms with Crippen LogP contribution in [0.15, 0.2) is 60.9 Å². The minimum atomic E-state index is -0.448. The lowest BCUT2D eigenvalue weighted by Crippen LogP contribution is -2.46. The minimum Gasteiger partial charge on any atom is -0.350 e. The van der Waals surface area contributed by atoms with Gasteiger partial charge in [0.25, 0.3) is 11.8 Å². The highest BCUT2D eigenvalue weighted by Crippen LogP contribution is 2.29. The van der Waals surface area contributed by atoms with Gasteiger partial charge in [-0.3, -0.25) is 24.3 Å². The van der Waals surface area contributed by atoms with Crippen LogP contribution < -0.4 is 5.32 Å². The van der Waals surface area contributed by atoms with Crippen LogP contribution in [-0.2, 0) is 11.3 Å². The highest BCUT2D eigenvalue weighted by molar-refractivity contribution is 6.26. The van der Waals surface area contributed by atoms with E-state index >= 15 is 0 Å². The highest BCUT2D eigenvalue weighted by Gasteiger charge is 2.33. The molecule has 0 radical (unpaired) electrons. The predicted molar refractivity (Wildman–Crippen MR) is 95.4 cm³/mol. The number of hydrogen-bond donors (Lipinski definition) is 1. The van der Waals surface area contributed by atoms with Gasteiger partial charge in [0.1, 0.15) is 6.54 Å². The molecule has 1 N–H and O–H groups in total. The van der Waals surface area contributed by atoms with E-state index in [0.717, 1.165) is 15.8 Å². The molecule has 0 atom stereocenters. The van der Waals surface area contributed by atoms with Gasteiger partial charge in [-0.25, -0.2) is 0 Å². The van der Waals surface area contributed by atoms with Crippen LogP contribution in [0.1, 0.15) is 26.3 Å². The summed E-state index contributed by atoms with van der Waals surface area (Å²) in [5.74, 6) is -1.30. The Morgan fingerprint density at radius 3 is 2.27 bits per heavy atom. The summed E-state index contributed by atoms with van der Waals surface area (Å²) in [6.07, 6.45) is 3.29. The second kappa shape index (κ2) is 6.40. The smallest absolute Gasteiger partial charge is 0.261 e. The van der Waals surface area contributed by atoms with Crippen LogP contribution in [-0.4, -0.2) is 34.2 Å². The molecule has 0 saturated carbocycles. The Hall–Kier alpha value is -3.54. The molecule has 0 unspecified atom stereocenters. The fourth-order valence-electron chi connectivity index (χ4n) is 3.13. The van der Waals surface area contributed by atoms with E-state index in [4.69, 9.17) is 0 Å². The third-order valence-electron chi connectivity index (χ3n) is 4.37. The zero-order valence-corrected chi connectivity index (χ0v) is 13.8. The first-order chi connectivity index (χ1) is 12.6. The first-order valence-electron chi connectivity index (χ1n) is 8.18. The maximum Gasteiger partial charge on any atom is 0.261 e. The van der Waals surface area contributed by atoms with E-state index in [0.29, 0.717) is 16.5 Å². The number of benzene rings is 2. The number of imide groups is 1. The quantitative estimate of drug-likeness (QED) is 0.735. The summed E-state index contributed by atoms with van der Waals surface area (Å²) >= 11 is 0. The molecule has 1 aliphatic heterocycles. The molecule has 0 aliphatic carbocycles. The summed E-state index contributed by atoms with van der Waals surface area (Å²) in [6.45, 7) is -0.0300. The molecule has 0 spiro atoms. The fourth-order valence-corrected chi connectivity index (χ4v) is 3.13. The van der Waals surface area contributed by atoms with Crippen molar-refractivity contribution in [2.75, 3.05) is 6.54 Å². The van der Waals surface area contributed by atoms with Crippen LogP contribution in [0.25, 0.3) is 10.8 Å². The van der Waals surface area contributed by atoms with Crippen molar-refractivity contribution in [2.24, 2.45) is 0 Å². The number of aromatic nitrogens is 1. The van der Waals surface area contributed by atoms with Gasteiger partial charge < -0.3 is 5.32 Å². The summed E-state index contributed by atoms with van der Waals surface area (Å²) < 4.78 is 0. The van der Waals surface area contributed by atoms with E-state index in [1.54, 1.807) is 42.7 Å². The maximum absolute atomic E-state index is 12.7. The zero-order chi connectivity index (χ0) is 18.1. The second-order valence-corrected chi connectivity index (χ2v) is 6.04. The molecule has 0 fully saturated rings. The number of carbonyl (C=O) groups is 3. The molecule has 2 aromatic carbocycles. The molecule has 1 aromatic heterocycles. The van der Waals surface area contributed by atoms with Gasteiger partial charge in [0.15, 0.2) is 0 Å². The molecule has 0 bridgehead atoms. The van der Waals surface area contributed by atoms with Crippen LogP contribution in [0, 0.1) is 0 Å². The standard InChI is InChI=1S/C20H15N3O3/c24-17(22-11-13-4-3-9-21-10-13)12-23-19(25)15-7-1-5-14-6-2-8-16(18(14)15)20(23)26/h1-10H,11-12H2,(H,22,24). The number of rotatable bonds is 4. The maximum atomic E-state index is 12.7. The topological polar surface area (TPSA) is 79.4 Å². The Morgan fingerprint density at radius 2 is 1.65 bits per heavy atom. The van der Waals surface area contributed by atoms with Crippen molar-refractivity contribution in [2.45, 2.75) is 6.54 Å². The summed E-state index contributed by atoms with van der Waals surface area (Å²) in [4.78, 5) is 42.7. The van der Waals surface area contributed by atoms with Crippen LogP contribution in [0.5, 0.6) is 0 Å². The van der Waals surface area contributed by atoms with E-state index in [1.807, 2.05) is 18.2 Å². The normalized spacial score (nSPS) is 13.2.